The van der Waals surface area contributed by atoms with Crippen molar-refractivity contribution in [2.24, 2.45) is 5.92 Å². The molecule has 2 aliphatic rings. The molecule has 1 N–H and O–H groups in total. The summed E-state index contributed by atoms with van der Waals surface area (Å²) in [5.41, 5.74) is 3.17. The van der Waals surface area contributed by atoms with E-state index in [0.29, 0.717) is 23.6 Å². The van der Waals surface area contributed by atoms with Crippen LogP contribution >= 0.6 is 0 Å². The molecule has 2 aromatic rings. The molecule has 4 rings (SSSR count). The molecule has 0 radical (unpaired) electrons. The Kier molecular flexibility index (Phi) is 4.86. The van der Waals surface area contributed by atoms with Crippen molar-refractivity contribution in [1.82, 2.24) is 10.2 Å². The lowest BCUT2D eigenvalue weighted by atomic mass is 10.1. The lowest BCUT2D eigenvalue weighted by Crippen LogP contribution is -2.42. The van der Waals surface area contributed by atoms with Gasteiger partial charge in [0.2, 0.25) is 5.91 Å². The van der Waals surface area contributed by atoms with Crippen LogP contribution in [0.15, 0.2) is 48.5 Å². The fraction of sp³-hybridized carbons (Fsp3) is 0.318. The smallest absolute Gasteiger partial charge is 0.262 e. The van der Waals surface area contributed by atoms with Gasteiger partial charge in [-0.2, -0.15) is 0 Å². The minimum atomic E-state index is -0.401. The molecule has 0 saturated carbocycles. The normalized spacial score (nSPS) is 18.5. The maximum atomic E-state index is 12.3. The van der Waals surface area contributed by atoms with E-state index in [1.807, 2.05) is 0 Å². The summed E-state index contributed by atoms with van der Waals surface area (Å²) in [6.45, 7) is 4.23. The molecule has 28 heavy (non-hydrogen) atoms. The Labute approximate surface area is 164 Å². The minimum absolute atomic E-state index is 0.235. The summed E-state index contributed by atoms with van der Waals surface area (Å²) in [6.07, 6.45) is 1.00. The predicted molar refractivity (Wildman–Crippen MR) is 106 cm³/mol. The monoisotopic (exact) mass is 377 g/mol. The zero-order valence-corrected chi connectivity index (χ0v) is 15.9. The third-order valence-corrected chi connectivity index (χ3v) is 5.45. The summed E-state index contributed by atoms with van der Waals surface area (Å²) in [4.78, 5) is 40.3. The topological polar surface area (TPSA) is 69.7 Å². The number of hydrogen-bond donors (Lipinski definition) is 1. The number of rotatable bonds is 5. The minimum Gasteiger partial charge on any atom is -0.371 e. The average Bonchev–Trinajstić information content (AvgIpc) is 3.27. The van der Waals surface area contributed by atoms with Crippen molar-refractivity contribution >= 4 is 23.4 Å². The van der Waals surface area contributed by atoms with E-state index in [2.05, 4.69) is 41.4 Å². The van der Waals surface area contributed by atoms with E-state index in [1.54, 1.807) is 24.3 Å². The van der Waals surface area contributed by atoms with E-state index in [4.69, 9.17) is 0 Å². The summed E-state index contributed by atoms with van der Waals surface area (Å²) in [5.74, 6) is -0.750. The summed E-state index contributed by atoms with van der Waals surface area (Å²) in [5, 5.41) is 2.89. The van der Waals surface area contributed by atoms with E-state index in [-0.39, 0.29) is 12.5 Å². The second kappa shape index (κ2) is 7.46. The van der Waals surface area contributed by atoms with Crippen molar-refractivity contribution in [1.29, 1.82) is 0 Å². The van der Waals surface area contributed by atoms with Gasteiger partial charge in [0.1, 0.15) is 6.54 Å². The fourth-order valence-electron chi connectivity index (χ4n) is 3.83. The van der Waals surface area contributed by atoms with Crippen molar-refractivity contribution in [2.45, 2.75) is 13.3 Å². The van der Waals surface area contributed by atoms with Gasteiger partial charge in [-0.3, -0.25) is 19.3 Å². The Hall–Kier alpha value is -3.15. The van der Waals surface area contributed by atoms with E-state index < -0.39 is 11.8 Å². The van der Waals surface area contributed by atoms with E-state index in [1.165, 1.54) is 11.3 Å². The molecule has 6 heteroatoms. The maximum absolute atomic E-state index is 12.3. The number of fused-ring (bicyclic) bond motifs is 1. The van der Waals surface area contributed by atoms with Crippen LogP contribution in [0.1, 0.15) is 32.7 Å². The van der Waals surface area contributed by atoms with Crippen LogP contribution in [0.5, 0.6) is 0 Å². The molecular formula is C22H23N3O3. The maximum Gasteiger partial charge on any atom is 0.262 e. The first-order valence-electron chi connectivity index (χ1n) is 9.56. The Morgan fingerprint density at radius 1 is 1.04 bits per heavy atom. The highest BCUT2D eigenvalue weighted by atomic mass is 16.2. The molecular weight excluding hydrogens is 354 g/mol. The number of nitrogens with one attached hydrogen (secondary N) is 1. The van der Waals surface area contributed by atoms with Crippen LogP contribution in [-0.4, -0.2) is 48.8 Å². The lowest BCUT2D eigenvalue weighted by molar-refractivity contribution is -0.121. The molecule has 2 heterocycles. The van der Waals surface area contributed by atoms with Gasteiger partial charge in [-0.15, -0.1) is 0 Å². The molecule has 0 bridgehead atoms. The molecule has 144 valence electrons. The third kappa shape index (κ3) is 3.50. The number of carbonyl (C=O) groups is 3. The largest absolute Gasteiger partial charge is 0.371 e. The Morgan fingerprint density at radius 3 is 2.32 bits per heavy atom. The number of amides is 3. The zero-order chi connectivity index (χ0) is 19.7. The van der Waals surface area contributed by atoms with Crippen LogP contribution < -0.4 is 10.2 Å². The highest BCUT2D eigenvalue weighted by Crippen LogP contribution is 2.24. The number of anilines is 1. The molecule has 1 atom stereocenters. The van der Waals surface area contributed by atoms with Crippen LogP contribution in [0, 0.1) is 12.8 Å². The molecule has 1 unspecified atom stereocenters. The van der Waals surface area contributed by atoms with Gasteiger partial charge in [-0.25, -0.2) is 0 Å². The van der Waals surface area contributed by atoms with Gasteiger partial charge in [0.25, 0.3) is 11.8 Å². The summed E-state index contributed by atoms with van der Waals surface area (Å²) in [6, 6.07) is 15.1. The Bertz CT molecular complexity index is 888. The van der Waals surface area contributed by atoms with Gasteiger partial charge in [0.05, 0.1) is 11.1 Å². The van der Waals surface area contributed by atoms with Gasteiger partial charge in [-0.05, 0) is 43.5 Å². The second-order valence-corrected chi connectivity index (χ2v) is 7.48. The predicted octanol–water partition coefficient (Wildman–Crippen LogP) is 2.23. The SMILES string of the molecule is Cc1ccc(N2CCC(CNC(=O)CN3C(=O)c4ccccc4C3=O)C2)cc1. The molecule has 6 nitrogen and oxygen atoms in total. The van der Waals surface area contributed by atoms with Crippen LogP contribution in [0.4, 0.5) is 5.69 Å². The number of carbonyl (C=O) groups excluding carboxylic acids is 3. The first-order valence-corrected chi connectivity index (χ1v) is 9.56. The molecule has 0 aliphatic carbocycles. The van der Waals surface area contributed by atoms with Crippen LogP contribution in [0.25, 0.3) is 0 Å². The van der Waals surface area contributed by atoms with Crippen LogP contribution in [0.2, 0.25) is 0 Å². The number of aryl methyl sites for hydroxylation is 1. The Morgan fingerprint density at radius 2 is 1.68 bits per heavy atom. The van der Waals surface area contributed by atoms with Crippen molar-refractivity contribution in [3.8, 4) is 0 Å². The van der Waals surface area contributed by atoms with Crippen molar-refractivity contribution < 1.29 is 14.4 Å². The van der Waals surface area contributed by atoms with Crippen molar-refractivity contribution in [3.63, 3.8) is 0 Å². The standard InChI is InChI=1S/C22H23N3O3/c1-15-6-8-17(9-7-15)24-11-10-16(13-24)12-23-20(26)14-25-21(27)18-4-2-3-5-19(18)22(25)28/h2-9,16H,10-14H2,1H3,(H,23,26). The van der Waals surface area contributed by atoms with E-state index >= 15 is 0 Å². The van der Waals surface area contributed by atoms with Gasteiger partial charge < -0.3 is 10.2 Å². The quantitative estimate of drug-likeness (QED) is 0.812. The zero-order valence-electron chi connectivity index (χ0n) is 15.9. The number of hydrogen-bond acceptors (Lipinski definition) is 4. The van der Waals surface area contributed by atoms with Gasteiger partial charge >= 0.3 is 0 Å². The van der Waals surface area contributed by atoms with Gasteiger partial charge in [0, 0.05) is 25.3 Å². The number of benzene rings is 2. The van der Waals surface area contributed by atoms with Crippen molar-refractivity contribution in [2.75, 3.05) is 31.1 Å². The highest BCUT2D eigenvalue weighted by Gasteiger charge is 2.36. The molecule has 1 fully saturated rings. The van der Waals surface area contributed by atoms with Gasteiger partial charge in [-0.1, -0.05) is 29.8 Å². The molecule has 2 aromatic carbocycles. The van der Waals surface area contributed by atoms with Crippen LogP contribution in [0.3, 0.4) is 0 Å². The lowest BCUT2D eigenvalue weighted by Gasteiger charge is -2.19. The number of imide groups is 1. The molecule has 3 amide bonds. The van der Waals surface area contributed by atoms with Gasteiger partial charge in [0.15, 0.2) is 0 Å². The first-order chi connectivity index (χ1) is 13.5. The highest BCUT2D eigenvalue weighted by molar-refractivity contribution is 6.22. The molecule has 0 spiro atoms. The molecule has 2 aliphatic heterocycles. The second-order valence-electron chi connectivity index (χ2n) is 7.48. The average molecular weight is 377 g/mol. The summed E-state index contributed by atoms with van der Waals surface area (Å²) < 4.78 is 0. The van der Waals surface area contributed by atoms with E-state index in [9.17, 15) is 14.4 Å². The third-order valence-electron chi connectivity index (χ3n) is 5.45. The van der Waals surface area contributed by atoms with Crippen LogP contribution in [-0.2, 0) is 4.79 Å². The van der Waals surface area contributed by atoms with E-state index in [0.717, 1.165) is 24.4 Å². The molecule has 0 aromatic heterocycles. The Balaban J connectivity index is 1.28. The number of nitrogens with zero attached hydrogens (tertiary/aromatic N) is 2. The van der Waals surface area contributed by atoms with Crippen molar-refractivity contribution in [3.05, 3.63) is 65.2 Å². The summed E-state index contributed by atoms with van der Waals surface area (Å²) >= 11 is 0. The first kappa shape index (κ1) is 18.2. The summed E-state index contributed by atoms with van der Waals surface area (Å²) in [7, 11) is 0. The molecule has 1 saturated heterocycles. The fourth-order valence-corrected chi connectivity index (χ4v) is 3.83.